The minimum atomic E-state index is -0.0504. The third kappa shape index (κ3) is 4.49. The second-order valence-electron chi connectivity index (χ2n) is 7.86. The van der Waals surface area contributed by atoms with Gasteiger partial charge >= 0.3 is 0 Å². The maximum Gasteiger partial charge on any atom is 0.210 e. The minimum Gasteiger partial charge on any atom is -0.356 e. The standard InChI is InChI=1S/C20H33N3O/c1-6-20(4,5)23(15-24)11-9-18-8-7-10-22(14-18)19-17(3)12-16(2)13-21-19/h12-13,15,18H,6-11,14H2,1-5H3. The monoisotopic (exact) mass is 331 g/mol. The van der Waals surface area contributed by atoms with Gasteiger partial charge in [0, 0.05) is 31.4 Å². The van der Waals surface area contributed by atoms with E-state index in [0.29, 0.717) is 5.92 Å². The largest absolute Gasteiger partial charge is 0.356 e. The van der Waals surface area contributed by atoms with E-state index in [0.717, 1.165) is 44.7 Å². The molecule has 1 aliphatic heterocycles. The molecule has 1 amide bonds. The van der Waals surface area contributed by atoms with Crippen molar-refractivity contribution in [3.63, 3.8) is 0 Å². The Hall–Kier alpha value is -1.58. The van der Waals surface area contributed by atoms with Gasteiger partial charge in [-0.2, -0.15) is 0 Å². The van der Waals surface area contributed by atoms with Crippen LogP contribution >= 0.6 is 0 Å². The van der Waals surface area contributed by atoms with E-state index in [9.17, 15) is 4.79 Å². The molecule has 2 heterocycles. The number of rotatable bonds is 7. The molecule has 4 heteroatoms. The van der Waals surface area contributed by atoms with Gasteiger partial charge in [-0.05, 0) is 70.4 Å². The SMILES string of the molecule is CCC(C)(C)N(C=O)CCC1CCCN(c2ncc(C)cc2C)C1. The number of carbonyl (C=O) groups excluding carboxylic acids is 1. The van der Waals surface area contributed by atoms with Gasteiger partial charge < -0.3 is 9.80 Å². The zero-order chi connectivity index (χ0) is 17.7. The van der Waals surface area contributed by atoms with Gasteiger partial charge in [-0.25, -0.2) is 4.98 Å². The highest BCUT2D eigenvalue weighted by Gasteiger charge is 2.26. The molecule has 134 valence electrons. The van der Waals surface area contributed by atoms with Gasteiger partial charge in [0.05, 0.1) is 0 Å². The van der Waals surface area contributed by atoms with Crippen LogP contribution < -0.4 is 4.90 Å². The third-order valence-electron chi connectivity index (χ3n) is 5.55. The summed E-state index contributed by atoms with van der Waals surface area (Å²) in [7, 11) is 0. The molecule has 1 fully saturated rings. The molecule has 0 aliphatic carbocycles. The molecular formula is C20H33N3O. The lowest BCUT2D eigenvalue weighted by Gasteiger charge is -2.38. The Labute approximate surface area is 147 Å². The van der Waals surface area contributed by atoms with E-state index in [-0.39, 0.29) is 5.54 Å². The van der Waals surface area contributed by atoms with Crippen LogP contribution in [0.25, 0.3) is 0 Å². The van der Waals surface area contributed by atoms with Crippen molar-refractivity contribution in [2.24, 2.45) is 5.92 Å². The Morgan fingerprint density at radius 2 is 2.17 bits per heavy atom. The van der Waals surface area contributed by atoms with Gasteiger partial charge in [0.1, 0.15) is 5.82 Å². The maximum atomic E-state index is 11.5. The molecule has 4 nitrogen and oxygen atoms in total. The van der Waals surface area contributed by atoms with Gasteiger partial charge in [-0.1, -0.05) is 13.0 Å². The molecule has 1 atom stereocenters. The number of hydrogen-bond donors (Lipinski definition) is 0. The number of anilines is 1. The summed E-state index contributed by atoms with van der Waals surface area (Å²) in [6.07, 6.45) is 7.50. The molecule has 0 spiro atoms. The van der Waals surface area contributed by atoms with Crippen LogP contribution in [-0.4, -0.2) is 41.5 Å². The molecule has 0 N–H and O–H groups in total. The number of hydrogen-bond acceptors (Lipinski definition) is 3. The van der Waals surface area contributed by atoms with E-state index in [1.165, 1.54) is 24.0 Å². The number of nitrogens with zero attached hydrogens (tertiary/aromatic N) is 3. The molecule has 1 unspecified atom stereocenters. The lowest BCUT2D eigenvalue weighted by molar-refractivity contribution is -0.123. The quantitative estimate of drug-likeness (QED) is 0.710. The first-order valence-electron chi connectivity index (χ1n) is 9.27. The van der Waals surface area contributed by atoms with Gasteiger partial charge in [0.15, 0.2) is 0 Å². The highest BCUT2D eigenvalue weighted by Crippen LogP contribution is 2.27. The van der Waals surface area contributed by atoms with Crippen molar-refractivity contribution >= 4 is 12.2 Å². The number of pyridine rings is 1. The van der Waals surface area contributed by atoms with Crippen molar-refractivity contribution in [1.29, 1.82) is 0 Å². The summed E-state index contributed by atoms with van der Waals surface area (Å²) in [5.74, 6) is 1.77. The number of carbonyl (C=O) groups is 1. The fourth-order valence-electron chi connectivity index (χ4n) is 3.56. The van der Waals surface area contributed by atoms with E-state index >= 15 is 0 Å². The average molecular weight is 332 g/mol. The van der Waals surface area contributed by atoms with Gasteiger partial charge in [0.25, 0.3) is 0 Å². The number of amides is 1. The molecule has 0 bridgehead atoms. The van der Waals surface area contributed by atoms with Crippen LogP contribution in [0.4, 0.5) is 5.82 Å². The maximum absolute atomic E-state index is 11.5. The predicted molar refractivity (Wildman–Crippen MR) is 100 cm³/mol. The molecule has 0 radical (unpaired) electrons. The molecule has 1 saturated heterocycles. The van der Waals surface area contributed by atoms with Crippen molar-refractivity contribution in [3.05, 3.63) is 23.4 Å². The van der Waals surface area contributed by atoms with Gasteiger partial charge in [-0.15, -0.1) is 0 Å². The van der Waals surface area contributed by atoms with Crippen molar-refractivity contribution in [1.82, 2.24) is 9.88 Å². The van der Waals surface area contributed by atoms with Crippen LogP contribution in [0.15, 0.2) is 12.3 Å². The molecule has 24 heavy (non-hydrogen) atoms. The topological polar surface area (TPSA) is 36.4 Å². The molecule has 2 rings (SSSR count). The summed E-state index contributed by atoms with van der Waals surface area (Å²) in [6.45, 7) is 13.7. The Balaban J connectivity index is 1.97. The zero-order valence-electron chi connectivity index (χ0n) is 16.0. The van der Waals surface area contributed by atoms with Crippen LogP contribution in [0.1, 0.15) is 57.6 Å². The Morgan fingerprint density at radius 1 is 1.42 bits per heavy atom. The molecule has 1 aliphatic rings. The zero-order valence-corrected chi connectivity index (χ0v) is 16.0. The normalized spacial score (nSPS) is 18.5. The van der Waals surface area contributed by atoms with Crippen molar-refractivity contribution in [2.45, 2.75) is 65.8 Å². The summed E-state index contributed by atoms with van der Waals surface area (Å²) in [4.78, 5) is 20.5. The molecule has 0 saturated carbocycles. The summed E-state index contributed by atoms with van der Waals surface area (Å²) in [5, 5.41) is 0. The van der Waals surface area contributed by atoms with E-state index in [1.54, 1.807) is 0 Å². The fraction of sp³-hybridized carbons (Fsp3) is 0.700. The second-order valence-corrected chi connectivity index (χ2v) is 7.86. The van der Waals surface area contributed by atoms with E-state index in [1.807, 2.05) is 11.1 Å². The van der Waals surface area contributed by atoms with Crippen LogP contribution in [0.3, 0.4) is 0 Å². The summed E-state index contributed by atoms with van der Waals surface area (Å²) < 4.78 is 0. The smallest absolute Gasteiger partial charge is 0.210 e. The molecular weight excluding hydrogens is 298 g/mol. The first kappa shape index (κ1) is 18.8. The van der Waals surface area contributed by atoms with Crippen LogP contribution in [0.2, 0.25) is 0 Å². The molecule has 1 aromatic heterocycles. The Morgan fingerprint density at radius 3 is 2.79 bits per heavy atom. The Kier molecular flexibility index (Phi) is 6.25. The van der Waals surface area contributed by atoms with E-state index in [2.05, 4.69) is 50.6 Å². The number of aryl methyl sites for hydroxylation is 2. The van der Waals surface area contributed by atoms with Crippen LogP contribution in [0.5, 0.6) is 0 Å². The lowest BCUT2D eigenvalue weighted by Crippen LogP contribution is -2.44. The summed E-state index contributed by atoms with van der Waals surface area (Å²) >= 11 is 0. The Bertz CT molecular complexity index is 556. The fourth-order valence-corrected chi connectivity index (χ4v) is 3.56. The van der Waals surface area contributed by atoms with Crippen LogP contribution in [0, 0.1) is 19.8 Å². The third-order valence-corrected chi connectivity index (χ3v) is 5.55. The van der Waals surface area contributed by atoms with Gasteiger partial charge in [0.2, 0.25) is 6.41 Å². The first-order valence-corrected chi connectivity index (χ1v) is 9.27. The first-order chi connectivity index (χ1) is 11.4. The van der Waals surface area contributed by atoms with Crippen molar-refractivity contribution in [3.8, 4) is 0 Å². The second kappa shape index (κ2) is 8.00. The highest BCUT2D eigenvalue weighted by atomic mass is 16.1. The lowest BCUT2D eigenvalue weighted by atomic mass is 9.92. The van der Waals surface area contributed by atoms with Crippen LogP contribution in [-0.2, 0) is 4.79 Å². The van der Waals surface area contributed by atoms with E-state index in [4.69, 9.17) is 0 Å². The summed E-state index contributed by atoms with van der Waals surface area (Å²) in [5.41, 5.74) is 2.43. The van der Waals surface area contributed by atoms with E-state index < -0.39 is 0 Å². The number of aromatic nitrogens is 1. The average Bonchev–Trinajstić information content (AvgIpc) is 2.55. The highest BCUT2D eigenvalue weighted by molar-refractivity contribution is 5.49. The molecule has 0 aromatic carbocycles. The predicted octanol–water partition coefficient (Wildman–Crippen LogP) is 3.95. The summed E-state index contributed by atoms with van der Waals surface area (Å²) in [6, 6.07) is 2.21. The minimum absolute atomic E-state index is 0.0504. The van der Waals surface area contributed by atoms with Gasteiger partial charge in [-0.3, -0.25) is 4.79 Å². The van der Waals surface area contributed by atoms with Crippen molar-refractivity contribution in [2.75, 3.05) is 24.5 Å². The number of piperidine rings is 1. The molecule has 1 aromatic rings. The van der Waals surface area contributed by atoms with Crippen molar-refractivity contribution < 1.29 is 4.79 Å².